The topological polar surface area (TPSA) is 17.1 Å². The minimum Gasteiger partial charge on any atom is -0.299 e. The maximum Gasteiger partial charge on any atom is 0.141 e. The fourth-order valence-electron chi connectivity index (χ4n) is 4.13. The Bertz CT molecular complexity index is 357. The molecule has 0 aromatic carbocycles. The quantitative estimate of drug-likeness (QED) is 0.354. The van der Waals surface area contributed by atoms with Crippen molar-refractivity contribution in [2.75, 3.05) is 23.5 Å². The summed E-state index contributed by atoms with van der Waals surface area (Å²) in [6.45, 7) is 16.3. The van der Waals surface area contributed by atoms with Crippen LogP contribution in [0.2, 0.25) is 0 Å². The highest BCUT2D eigenvalue weighted by atomic mass is 35.5. The zero-order valence-electron chi connectivity index (χ0n) is 16.4. The molecule has 0 aliphatic rings. The normalized spacial score (nSPS) is 14.6. The molecule has 5 heteroatoms. The summed E-state index contributed by atoms with van der Waals surface area (Å²) in [7, 11) is 0. The number of hydrogen-bond acceptors (Lipinski definition) is 1. The first-order valence-corrected chi connectivity index (χ1v) is 10.6. The number of Topliss-reactive ketones (excluding diaryl/α,β-unsaturated/α-hetero) is 1. The summed E-state index contributed by atoms with van der Waals surface area (Å²) in [6, 6.07) is 0. The van der Waals surface area contributed by atoms with E-state index in [4.69, 9.17) is 46.4 Å². The van der Waals surface area contributed by atoms with Gasteiger partial charge in [-0.25, -0.2) is 0 Å². The minimum absolute atomic E-state index is 0.169. The van der Waals surface area contributed by atoms with Crippen LogP contribution in [-0.2, 0) is 4.79 Å². The van der Waals surface area contributed by atoms with Gasteiger partial charge in [0.05, 0.1) is 0 Å². The summed E-state index contributed by atoms with van der Waals surface area (Å²) in [4.78, 5) is 13.8. The van der Waals surface area contributed by atoms with Crippen molar-refractivity contribution in [2.24, 2.45) is 33.5 Å². The molecule has 0 bridgehead atoms. The SMILES string of the molecule is CC(C)(CCl)C(C(=O)C(C(C)(C)CCl)C(C)(C)CCl)C(C)(C)CCl. The molecule has 0 saturated heterocycles. The number of halogens is 4. The minimum atomic E-state index is -0.375. The average Bonchev–Trinajstić information content (AvgIpc) is 2.46. The Labute approximate surface area is 169 Å². The van der Waals surface area contributed by atoms with Crippen molar-refractivity contribution in [3.8, 4) is 0 Å². The Morgan fingerprint density at radius 3 is 0.875 bits per heavy atom. The predicted molar refractivity (Wildman–Crippen MR) is 110 cm³/mol. The van der Waals surface area contributed by atoms with Crippen molar-refractivity contribution in [2.45, 2.75) is 55.4 Å². The molecule has 0 aromatic rings. The van der Waals surface area contributed by atoms with Gasteiger partial charge in [0.15, 0.2) is 0 Å². The van der Waals surface area contributed by atoms with Gasteiger partial charge in [-0.15, -0.1) is 46.4 Å². The average molecular weight is 420 g/mol. The molecule has 0 N–H and O–H groups in total. The van der Waals surface area contributed by atoms with Crippen molar-refractivity contribution >= 4 is 52.2 Å². The number of rotatable bonds is 10. The molecule has 24 heavy (non-hydrogen) atoms. The van der Waals surface area contributed by atoms with Crippen LogP contribution in [0.4, 0.5) is 0 Å². The smallest absolute Gasteiger partial charge is 0.141 e. The third-order valence-corrected chi connectivity index (χ3v) is 7.83. The zero-order valence-corrected chi connectivity index (χ0v) is 19.4. The molecule has 0 fully saturated rings. The first-order chi connectivity index (χ1) is 10.6. The van der Waals surface area contributed by atoms with Gasteiger partial charge in [0, 0.05) is 35.4 Å². The Kier molecular flexibility index (Phi) is 8.98. The molecule has 0 rings (SSSR count). The zero-order chi connectivity index (χ0) is 19.6. The molecule has 0 atom stereocenters. The Hall–Kier alpha value is 0.830. The second-order valence-corrected chi connectivity index (χ2v) is 10.8. The van der Waals surface area contributed by atoms with Crippen LogP contribution in [-0.4, -0.2) is 29.3 Å². The number of carbonyl (C=O) groups excluding carboxylic acids is 1. The van der Waals surface area contributed by atoms with Gasteiger partial charge in [-0.05, 0) is 21.7 Å². The molecule has 0 radical (unpaired) electrons. The molecule has 0 amide bonds. The molecule has 0 unspecified atom stereocenters. The lowest BCUT2D eigenvalue weighted by molar-refractivity contribution is -0.143. The van der Waals surface area contributed by atoms with Gasteiger partial charge in [-0.1, -0.05) is 55.4 Å². The summed E-state index contributed by atoms with van der Waals surface area (Å²) in [5, 5.41) is 0. The van der Waals surface area contributed by atoms with E-state index in [0.717, 1.165) is 0 Å². The van der Waals surface area contributed by atoms with Gasteiger partial charge in [0.2, 0.25) is 0 Å². The predicted octanol–water partition coefficient (Wildman–Crippen LogP) is 6.85. The molecule has 0 aliphatic carbocycles. The molecule has 144 valence electrons. The van der Waals surface area contributed by atoms with Crippen molar-refractivity contribution in [3.05, 3.63) is 0 Å². The van der Waals surface area contributed by atoms with Crippen LogP contribution in [0.5, 0.6) is 0 Å². The lowest BCUT2D eigenvalue weighted by Crippen LogP contribution is -2.53. The van der Waals surface area contributed by atoms with E-state index < -0.39 is 0 Å². The summed E-state index contributed by atoms with van der Waals surface area (Å²) in [5.41, 5.74) is -1.50. The van der Waals surface area contributed by atoms with Crippen LogP contribution in [0.15, 0.2) is 0 Å². The number of alkyl halides is 4. The van der Waals surface area contributed by atoms with E-state index in [0.29, 0.717) is 23.5 Å². The largest absolute Gasteiger partial charge is 0.299 e. The highest BCUT2D eigenvalue weighted by Crippen LogP contribution is 2.50. The third-order valence-electron chi connectivity index (χ3n) is 5.07. The van der Waals surface area contributed by atoms with Crippen LogP contribution < -0.4 is 0 Å². The van der Waals surface area contributed by atoms with Crippen LogP contribution in [0, 0.1) is 33.5 Å². The van der Waals surface area contributed by atoms with Crippen LogP contribution in [0.1, 0.15) is 55.4 Å². The van der Waals surface area contributed by atoms with Crippen molar-refractivity contribution in [1.82, 2.24) is 0 Å². The van der Waals surface area contributed by atoms with Crippen LogP contribution in [0.25, 0.3) is 0 Å². The Morgan fingerprint density at radius 1 is 0.583 bits per heavy atom. The monoisotopic (exact) mass is 418 g/mol. The number of carbonyl (C=O) groups is 1. The summed E-state index contributed by atoms with van der Waals surface area (Å²) >= 11 is 25.0. The maximum atomic E-state index is 13.8. The summed E-state index contributed by atoms with van der Waals surface area (Å²) in [5.74, 6) is 1.16. The van der Waals surface area contributed by atoms with Gasteiger partial charge in [-0.3, -0.25) is 4.79 Å². The van der Waals surface area contributed by atoms with E-state index in [2.05, 4.69) is 0 Å². The van der Waals surface area contributed by atoms with E-state index >= 15 is 0 Å². The third kappa shape index (κ3) is 5.41. The molecule has 0 heterocycles. The van der Waals surface area contributed by atoms with Crippen LogP contribution >= 0.6 is 46.4 Å². The van der Waals surface area contributed by atoms with E-state index in [1.165, 1.54) is 0 Å². The van der Waals surface area contributed by atoms with Gasteiger partial charge < -0.3 is 0 Å². The first-order valence-electron chi connectivity index (χ1n) is 8.42. The van der Waals surface area contributed by atoms with E-state index in [1.54, 1.807) is 0 Å². The lowest BCUT2D eigenvalue weighted by Gasteiger charge is -2.49. The van der Waals surface area contributed by atoms with E-state index in [-0.39, 0.29) is 39.3 Å². The van der Waals surface area contributed by atoms with Gasteiger partial charge in [0.1, 0.15) is 5.78 Å². The second kappa shape index (κ2) is 8.68. The van der Waals surface area contributed by atoms with Gasteiger partial charge >= 0.3 is 0 Å². The molecule has 1 nitrogen and oxygen atoms in total. The Balaban J connectivity index is 6.32. The van der Waals surface area contributed by atoms with Gasteiger partial charge in [0.25, 0.3) is 0 Å². The summed E-state index contributed by atoms with van der Waals surface area (Å²) < 4.78 is 0. The van der Waals surface area contributed by atoms with E-state index in [1.807, 2.05) is 55.4 Å². The molecule has 0 aromatic heterocycles. The molecule has 0 aliphatic heterocycles. The second-order valence-electron chi connectivity index (χ2n) is 9.76. The fourth-order valence-corrected chi connectivity index (χ4v) is 4.75. The fraction of sp³-hybridized carbons (Fsp3) is 0.947. The highest BCUT2D eigenvalue weighted by molar-refractivity contribution is 6.20. The molecule has 0 saturated carbocycles. The lowest BCUT2D eigenvalue weighted by atomic mass is 9.55. The Morgan fingerprint density at radius 2 is 0.750 bits per heavy atom. The van der Waals surface area contributed by atoms with E-state index in [9.17, 15) is 4.79 Å². The van der Waals surface area contributed by atoms with Crippen molar-refractivity contribution in [1.29, 1.82) is 0 Å². The van der Waals surface area contributed by atoms with Crippen LogP contribution in [0.3, 0.4) is 0 Å². The maximum absolute atomic E-state index is 13.8. The molecule has 0 spiro atoms. The van der Waals surface area contributed by atoms with Gasteiger partial charge in [-0.2, -0.15) is 0 Å². The van der Waals surface area contributed by atoms with Crippen molar-refractivity contribution < 1.29 is 4.79 Å². The molecular formula is C19H34Cl4O. The summed E-state index contributed by atoms with van der Waals surface area (Å²) in [6.07, 6.45) is 0. The molecular weight excluding hydrogens is 386 g/mol. The number of ketones is 1. The first kappa shape index (κ1) is 24.8. The number of hydrogen-bond donors (Lipinski definition) is 0. The standard InChI is InChI=1S/C19H34Cl4O/c1-16(2,9-20)14(17(3,4)10-21)13(24)15(18(5,6)11-22)19(7,8)12-23/h14-15H,9-12H2,1-8H3. The highest BCUT2D eigenvalue weighted by Gasteiger charge is 2.53. The van der Waals surface area contributed by atoms with Crippen molar-refractivity contribution in [3.63, 3.8) is 0 Å².